The van der Waals surface area contributed by atoms with Crippen LogP contribution in [0.1, 0.15) is 44.2 Å². The Morgan fingerprint density at radius 1 is 0.919 bits per heavy atom. The maximum Gasteiger partial charge on any atom is 0.243 e. The van der Waals surface area contributed by atoms with Gasteiger partial charge in [0.2, 0.25) is 11.8 Å². The fourth-order valence-corrected chi connectivity index (χ4v) is 4.44. The Morgan fingerprint density at radius 3 is 2.16 bits per heavy atom. The average Bonchev–Trinajstić information content (AvgIpc) is 2.91. The lowest BCUT2D eigenvalue weighted by Crippen LogP contribution is -2.52. The van der Waals surface area contributed by atoms with Gasteiger partial charge in [0.05, 0.1) is 6.61 Å². The van der Waals surface area contributed by atoms with E-state index in [9.17, 15) is 9.59 Å². The molecule has 0 aliphatic rings. The molecule has 0 spiro atoms. The monoisotopic (exact) mass is 540 g/mol. The number of ether oxygens (including phenoxy) is 1. The third-order valence-corrected chi connectivity index (χ3v) is 6.92. The highest BCUT2D eigenvalue weighted by Gasteiger charge is 2.31. The van der Waals surface area contributed by atoms with Crippen LogP contribution in [0.15, 0.2) is 78.9 Å². The molecule has 0 fully saturated rings. The molecule has 2 amide bonds. The highest BCUT2D eigenvalue weighted by Crippen LogP contribution is 2.27. The number of benzene rings is 3. The van der Waals surface area contributed by atoms with Crippen LogP contribution in [0, 0.1) is 0 Å². The van der Waals surface area contributed by atoms with E-state index >= 15 is 0 Å². The highest BCUT2D eigenvalue weighted by atomic mass is 35.5. The Kier molecular flexibility index (Phi) is 11.3. The first kappa shape index (κ1) is 28.5. The summed E-state index contributed by atoms with van der Waals surface area (Å²) in [5.41, 5.74) is 1.58. The van der Waals surface area contributed by atoms with Gasteiger partial charge in [-0.25, -0.2) is 0 Å². The number of carbonyl (C=O) groups is 2. The van der Waals surface area contributed by atoms with Gasteiger partial charge in [-0.3, -0.25) is 9.59 Å². The Morgan fingerprint density at radius 2 is 1.54 bits per heavy atom. The van der Waals surface area contributed by atoms with Crippen molar-refractivity contribution in [3.05, 3.63) is 100 Å². The Labute approximate surface area is 229 Å². The predicted octanol–water partition coefficient (Wildman–Crippen LogP) is 6.71. The second-order valence-corrected chi connectivity index (χ2v) is 9.82. The third-order valence-electron chi connectivity index (χ3n) is 6.21. The van der Waals surface area contributed by atoms with Gasteiger partial charge in [-0.2, -0.15) is 0 Å². The number of nitrogens with zero attached hydrogens (tertiary/aromatic N) is 1. The summed E-state index contributed by atoms with van der Waals surface area (Å²) in [6, 6.07) is 23.7. The number of amides is 2. The summed E-state index contributed by atoms with van der Waals surface area (Å²) in [5, 5.41) is 3.98. The molecule has 0 saturated carbocycles. The molecule has 0 saturated heterocycles. The van der Waals surface area contributed by atoms with Crippen molar-refractivity contribution in [3.8, 4) is 5.75 Å². The van der Waals surface area contributed by atoms with Crippen molar-refractivity contribution >= 4 is 35.0 Å². The summed E-state index contributed by atoms with van der Waals surface area (Å²) in [5.74, 6) is 0.396. The normalized spacial score (nSPS) is 12.4. The lowest BCUT2D eigenvalue weighted by atomic mass is 10.0. The third kappa shape index (κ3) is 8.80. The van der Waals surface area contributed by atoms with Crippen LogP contribution in [0.2, 0.25) is 10.0 Å². The molecule has 0 aromatic heterocycles. The highest BCUT2D eigenvalue weighted by molar-refractivity contribution is 6.36. The summed E-state index contributed by atoms with van der Waals surface area (Å²) in [6.45, 7) is 4.48. The average molecular weight is 542 g/mol. The largest absolute Gasteiger partial charge is 0.494 e. The molecule has 2 atom stereocenters. The topological polar surface area (TPSA) is 58.6 Å². The molecule has 0 radical (unpaired) electrons. The van der Waals surface area contributed by atoms with E-state index in [2.05, 4.69) is 5.32 Å². The first-order valence-electron chi connectivity index (χ1n) is 12.6. The van der Waals surface area contributed by atoms with Gasteiger partial charge in [-0.15, -0.1) is 0 Å². The number of halogens is 2. The maximum atomic E-state index is 13.7. The quantitative estimate of drug-likeness (QED) is 0.245. The number of rotatable bonds is 13. The van der Waals surface area contributed by atoms with Crippen molar-refractivity contribution in [1.82, 2.24) is 10.2 Å². The van der Waals surface area contributed by atoms with Gasteiger partial charge in [0.15, 0.2) is 0 Å². The van der Waals surface area contributed by atoms with Crippen molar-refractivity contribution in [2.75, 3.05) is 6.61 Å². The second-order valence-electron chi connectivity index (χ2n) is 9.01. The minimum Gasteiger partial charge on any atom is -0.494 e. The zero-order valence-corrected chi connectivity index (χ0v) is 22.8. The molecule has 2 unspecified atom stereocenters. The summed E-state index contributed by atoms with van der Waals surface area (Å²) < 4.78 is 5.77. The molecule has 0 heterocycles. The van der Waals surface area contributed by atoms with E-state index in [0.29, 0.717) is 35.1 Å². The van der Waals surface area contributed by atoms with E-state index in [1.807, 2.05) is 74.5 Å². The summed E-state index contributed by atoms with van der Waals surface area (Å²) in [7, 11) is 0. The molecule has 3 aromatic carbocycles. The van der Waals surface area contributed by atoms with E-state index in [4.69, 9.17) is 27.9 Å². The van der Waals surface area contributed by atoms with E-state index in [1.54, 1.807) is 23.1 Å². The first-order chi connectivity index (χ1) is 17.9. The van der Waals surface area contributed by atoms with Gasteiger partial charge in [0.25, 0.3) is 0 Å². The van der Waals surface area contributed by atoms with Crippen LogP contribution < -0.4 is 10.1 Å². The molecule has 7 heteroatoms. The van der Waals surface area contributed by atoms with Gasteiger partial charge >= 0.3 is 0 Å². The predicted molar refractivity (Wildman–Crippen MR) is 150 cm³/mol. The number of para-hydroxylation sites is 1. The fourth-order valence-electron chi connectivity index (χ4n) is 3.92. The number of hydrogen-bond acceptors (Lipinski definition) is 3. The summed E-state index contributed by atoms with van der Waals surface area (Å²) >= 11 is 13.0. The number of hydrogen-bond donors (Lipinski definition) is 1. The molecule has 3 aromatic rings. The van der Waals surface area contributed by atoms with E-state index in [0.717, 1.165) is 17.7 Å². The summed E-state index contributed by atoms with van der Waals surface area (Å²) in [4.78, 5) is 28.8. The second kappa shape index (κ2) is 14.7. The zero-order chi connectivity index (χ0) is 26.6. The Hall–Kier alpha value is -3.02. The SMILES string of the molecule is CCC(C)NC(=O)C(Cc1ccccc1)N(Cc1c(Cl)cccc1Cl)C(=O)CCCOc1ccccc1. The minimum absolute atomic E-state index is 0.0223. The van der Waals surface area contributed by atoms with Crippen LogP contribution in [0.4, 0.5) is 0 Å². The lowest BCUT2D eigenvalue weighted by molar-refractivity contribution is -0.141. The standard InChI is InChI=1S/C30H34Cl2N2O3/c1-3-22(2)33-30(36)28(20-23-12-6-4-7-13-23)34(21-25-26(31)16-10-17-27(25)32)29(35)18-11-19-37-24-14-8-5-9-15-24/h4-10,12-17,22,28H,3,11,18-21H2,1-2H3,(H,33,36). The van der Waals surface area contributed by atoms with E-state index in [-0.39, 0.29) is 30.8 Å². The van der Waals surface area contributed by atoms with Gasteiger partial charge in [0, 0.05) is 41.0 Å². The lowest BCUT2D eigenvalue weighted by Gasteiger charge is -2.33. The van der Waals surface area contributed by atoms with Gasteiger partial charge in [0.1, 0.15) is 11.8 Å². The number of carbonyl (C=O) groups excluding carboxylic acids is 2. The first-order valence-corrected chi connectivity index (χ1v) is 13.4. The fraction of sp³-hybridized carbons (Fsp3) is 0.333. The van der Waals surface area contributed by atoms with Crippen molar-refractivity contribution in [1.29, 1.82) is 0 Å². The van der Waals surface area contributed by atoms with Crippen molar-refractivity contribution in [3.63, 3.8) is 0 Å². The van der Waals surface area contributed by atoms with Crippen LogP contribution in [-0.4, -0.2) is 35.4 Å². The van der Waals surface area contributed by atoms with Gasteiger partial charge in [-0.05, 0) is 49.6 Å². The summed E-state index contributed by atoms with van der Waals surface area (Å²) in [6.07, 6.45) is 1.88. The van der Waals surface area contributed by atoms with Crippen LogP contribution in [0.25, 0.3) is 0 Å². The van der Waals surface area contributed by atoms with Gasteiger partial charge < -0.3 is 15.0 Å². The van der Waals surface area contributed by atoms with Crippen LogP contribution >= 0.6 is 23.2 Å². The zero-order valence-electron chi connectivity index (χ0n) is 21.3. The molecule has 5 nitrogen and oxygen atoms in total. The number of nitrogens with one attached hydrogen (secondary N) is 1. The molecule has 196 valence electrons. The van der Waals surface area contributed by atoms with Crippen LogP contribution in [-0.2, 0) is 22.6 Å². The molecular formula is C30H34Cl2N2O3. The molecule has 0 aliphatic heterocycles. The molecule has 0 aliphatic carbocycles. The molecule has 37 heavy (non-hydrogen) atoms. The van der Waals surface area contributed by atoms with Gasteiger partial charge in [-0.1, -0.05) is 84.7 Å². The maximum absolute atomic E-state index is 13.7. The van der Waals surface area contributed by atoms with E-state index in [1.165, 1.54) is 0 Å². The van der Waals surface area contributed by atoms with Crippen LogP contribution in [0.5, 0.6) is 5.75 Å². The van der Waals surface area contributed by atoms with Crippen molar-refractivity contribution < 1.29 is 14.3 Å². The van der Waals surface area contributed by atoms with E-state index < -0.39 is 6.04 Å². The van der Waals surface area contributed by atoms with Crippen LogP contribution in [0.3, 0.4) is 0 Å². The van der Waals surface area contributed by atoms with Crippen molar-refractivity contribution in [2.45, 2.75) is 58.2 Å². The molecule has 0 bridgehead atoms. The Balaban J connectivity index is 1.85. The van der Waals surface area contributed by atoms with Crippen molar-refractivity contribution in [2.24, 2.45) is 0 Å². The molecule has 3 rings (SSSR count). The molecular weight excluding hydrogens is 507 g/mol. The Bertz CT molecular complexity index is 1120. The minimum atomic E-state index is -0.730. The smallest absolute Gasteiger partial charge is 0.243 e. The molecule has 1 N–H and O–H groups in total.